The fraction of sp³-hybridized carbons (Fsp3) is 0.312. The Morgan fingerprint density at radius 1 is 1.36 bits per heavy atom. The Balaban J connectivity index is 2.34. The number of carbonyl (C=O) groups is 3. The van der Waals surface area contributed by atoms with Gasteiger partial charge in [-0.05, 0) is 19.4 Å². The standard InChI is InChI=1S/C16H17N3O6/c1-8-4-5-10(19(23)24)6-12(8)18-15(21)11-7-13(20)17-9(2)14(11)16(22)25-3/h4-6,11H,7H2,1-3H3,(H,17,20)(H,18,21)/t11-/m1/s1. The van der Waals surface area contributed by atoms with Gasteiger partial charge >= 0.3 is 5.97 Å². The van der Waals surface area contributed by atoms with Crippen LogP contribution in [0.15, 0.2) is 29.5 Å². The van der Waals surface area contributed by atoms with Crippen LogP contribution in [-0.4, -0.2) is 29.8 Å². The molecule has 0 fully saturated rings. The number of nitrogens with zero attached hydrogens (tertiary/aromatic N) is 1. The van der Waals surface area contributed by atoms with E-state index in [1.807, 2.05) is 0 Å². The minimum Gasteiger partial charge on any atom is -0.466 e. The molecule has 0 aliphatic carbocycles. The third kappa shape index (κ3) is 3.82. The van der Waals surface area contributed by atoms with E-state index in [0.29, 0.717) is 5.56 Å². The number of amides is 2. The lowest BCUT2D eigenvalue weighted by molar-refractivity contribution is -0.384. The molecule has 0 saturated carbocycles. The molecule has 2 N–H and O–H groups in total. The fourth-order valence-electron chi connectivity index (χ4n) is 2.58. The van der Waals surface area contributed by atoms with Crippen LogP contribution in [0.1, 0.15) is 18.9 Å². The first-order valence-corrected chi connectivity index (χ1v) is 7.39. The second-order valence-corrected chi connectivity index (χ2v) is 5.58. The zero-order valence-corrected chi connectivity index (χ0v) is 13.9. The highest BCUT2D eigenvalue weighted by Gasteiger charge is 2.36. The van der Waals surface area contributed by atoms with Gasteiger partial charge in [-0.1, -0.05) is 6.07 Å². The van der Waals surface area contributed by atoms with Gasteiger partial charge in [-0.2, -0.15) is 0 Å². The van der Waals surface area contributed by atoms with Crippen molar-refractivity contribution in [1.29, 1.82) is 0 Å². The van der Waals surface area contributed by atoms with Crippen LogP contribution < -0.4 is 10.6 Å². The van der Waals surface area contributed by atoms with E-state index in [1.165, 1.54) is 32.2 Å². The Labute approximate surface area is 143 Å². The van der Waals surface area contributed by atoms with Crippen LogP contribution in [0.4, 0.5) is 11.4 Å². The lowest BCUT2D eigenvalue weighted by Crippen LogP contribution is -2.40. The van der Waals surface area contributed by atoms with E-state index in [9.17, 15) is 24.5 Å². The number of benzene rings is 1. The number of anilines is 1. The molecule has 9 heteroatoms. The van der Waals surface area contributed by atoms with Crippen molar-refractivity contribution in [3.05, 3.63) is 45.1 Å². The summed E-state index contributed by atoms with van der Waals surface area (Å²) in [4.78, 5) is 46.6. The number of hydrogen-bond donors (Lipinski definition) is 2. The summed E-state index contributed by atoms with van der Waals surface area (Å²) in [6, 6.07) is 4.05. The smallest absolute Gasteiger partial charge is 0.336 e. The van der Waals surface area contributed by atoms with Crippen LogP contribution in [0.25, 0.3) is 0 Å². The molecule has 0 saturated heterocycles. The highest BCUT2D eigenvalue weighted by atomic mass is 16.6. The van der Waals surface area contributed by atoms with Crippen LogP contribution in [0.5, 0.6) is 0 Å². The maximum atomic E-state index is 12.6. The van der Waals surface area contributed by atoms with Crippen molar-refractivity contribution in [2.45, 2.75) is 20.3 Å². The highest BCUT2D eigenvalue weighted by molar-refractivity contribution is 6.06. The van der Waals surface area contributed by atoms with Crippen molar-refractivity contribution in [3.8, 4) is 0 Å². The van der Waals surface area contributed by atoms with Crippen LogP contribution in [0.2, 0.25) is 0 Å². The van der Waals surface area contributed by atoms with Crippen molar-refractivity contribution in [2.75, 3.05) is 12.4 Å². The number of esters is 1. The first kappa shape index (κ1) is 18.1. The maximum absolute atomic E-state index is 12.6. The van der Waals surface area contributed by atoms with Gasteiger partial charge in [0.15, 0.2) is 0 Å². The van der Waals surface area contributed by atoms with E-state index in [1.54, 1.807) is 6.92 Å². The molecule has 2 amide bonds. The van der Waals surface area contributed by atoms with Gasteiger partial charge in [-0.15, -0.1) is 0 Å². The van der Waals surface area contributed by atoms with Crippen molar-refractivity contribution < 1.29 is 24.0 Å². The van der Waals surface area contributed by atoms with Crippen LogP contribution >= 0.6 is 0 Å². The number of rotatable bonds is 4. The van der Waals surface area contributed by atoms with Crippen molar-refractivity contribution in [1.82, 2.24) is 5.32 Å². The van der Waals surface area contributed by atoms with Gasteiger partial charge < -0.3 is 15.4 Å². The largest absolute Gasteiger partial charge is 0.466 e. The lowest BCUT2D eigenvalue weighted by Gasteiger charge is -2.25. The predicted octanol–water partition coefficient (Wildman–Crippen LogP) is 1.42. The fourth-order valence-corrected chi connectivity index (χ4v) is 2.58. The van der Waals surface area contributed by atoms with E-state index in [2.05, 4.69) is 15.4 Å². The quantitative estimate of drug-likeness (QED) is 0.482. The Morgan fingerprint density at radius 2 is 2.04 bits per heavy atom. The van der Waals surface area contributed by atoms with Crippen molar-refractivity contribution >= 4 is 29.2 Å². The van der Waals surface area contributed by atoms with Crippen molar-refractivity contribution in [2.24, 2.45) is 5.92 Å². The van der Waals surface area contributed by atoms with E-state index in [4.69, 9.17) is 0 Å². The molecular weight excluding hydrogens is 330 g/mol. The van der Waals surface area contributed by atoms with Gasteiger partial charge in [0.2, 0.25) is 11.8 Å². The lowest BCUT2D eigenvalue weighted by atomic mass is 9.89. The summed E-state index contributed by atoms with van der Waals surface area (Å²) in [6.45, 7) is 3.18. The maximum Gasteiger partial charge on any atom is 0.336 e. The van der Waals surface area contributed by atoms with E-state index < -0.39 is 28.6 Å². The van der Waals surface area contributed by atoms with Gasteiger partial charge in [0, 0.05) is 24.3 Å². The molecule has 0 bridgehead atoms. The molecule has 2 rings (SSSR count). The molecule has 1 aromatic carbocycles. The first-order valence-electron chi connectivity index (χ1n) is 7.39. The molecule has 1 aliphatic heterocycles. The summed E-state index contributed by atoms with van der Waals surface area (Å²) in [5.74, 6) is -2.77. The van der Waals surface area contributed by atoms with Gasteiger partial charge in [-0.25, -0.2) is 4.79 Å². The summed E-state index contributed by atoms with van der Waals surface area (Å²) in [5, 5.41) is 15.9. The number of methoxy groups -OCH3 is 1. The summed E-state index contributed by atoms with van der Waals surface area (Å²) < 4.78 is 4.68. The SMILES string of the molecule is COC(=O)C1=C(C)NC(=O)C[C@H]1C(=O)Nc1cc([N+](=O)[O-])ccc1C. The molecule has 1 aliphatic rings. The molecule has 0 unspecified atom stereocenters. The summed E-state index contributed by atoms with van der Waals surface area (Å²) in [5.41, 5.74) is 0.982. The molecule has 1 aromatic rings. The number of nitro benzene ring substituents is 1. The number of non-ortho nitro benzene ring substituents is 1. The minimum absolute atomic E-state index is 0.0580. The van der Waals surface area contributed by atoms with Gasteiger partial charge in [0.25, 0.3) is 5.69 Å². The summed E-state index contributed by atoms with van der Waals surface area (Å²) >= 11 is 0. The van der Waals surface area contributed by atoms with Crippen LogP contribution in [0.3, 0.4) is 0 Å². The number of carbonyl (C=O) groups excluding carboxylic acids is 3. The van der Waals surface area contributed by atoms with Crippen LogP contribution in [0, 0.1) is 23.0 Å². The van der Waals surface area contributed by atoms with E-state index >= 15 is 0 Å². The molecule has 0 spiro atoms. The molecule has 9 nitrogen and oxygen atoms in total. The number of aryl methyl sites for hydroxylation is 1. The van der Waals surface area contributed by atoms with Gasteiger partial charge in [0.1, 0.15) is 0 Å². The number of nitro groups is 1. The molecule has 0 radical (unpaired) electrons. The van der Waals surface area contributed by atoms with Crippen molar-refractivity contribution in [3.63, 3.8) is 0 Å². The van der Waals surface area contributed by atoms with E-state index in [0.717, 1.165) is 0 Å². The number of ether oxygens (including phenoxy) is 1. The average Bonchev–Trinajstić information content (AvgIpc) is 2.55. The minimum atomic E-state index is -1.04. The summed E-state index contributed by atoms with van der Waals surface area (Å²) in [7, 11) is 1.18. The Hall–Kier alpha value is -3.23. The summed E-state index contributed by atoms with van der Waals surface area (Å²) in [6.07, 6.45) is -0.221. The van der Waals surface area contributed by atoms with Crippen LogP contribution in [-0.2, 0) is 19.1 Å². The normalized spacial score (nSPS) is 16.9. The zero-order valence-electron chi connectivity index (χ0n) is 13.9. The zero-order chi connectivity index (χ0) is 18.7. The monoisotopic (exact) mass is 347 g/mol. The number of allylic oxidation sites excluding steroid dienone is 1. The number of hydrogen-bond acceptors (Lipinski definition) is 6. The average molecular weight is 347 g/mol. The second-order valence-electron chi connectivity index (χ2n) is 5.58. The molecule has 1 atom stereocenters. The molecule has 132 valence electrons. The predicted molar refractivity (Wildman–Crippen MR) is 87.4 cm³/mol. The Kier molecular flexibility index (Phi) is 5.16. The number of nitrogens with one attached hydrogen (secondary N) is 2. The van der Waals surface area contributed by atoms with E-state index in [-0.39, 0.29) is 29.1 Å². The third-order valence-corrected chi connectivity index (χ3v) is 3.88. The van der Waals surface area contributed by atoms with Gasteiger partial charge in [0.05, 0.1) is 29.2 Å². The molecule has 25 heavy (non-hydrogen) atoms. The second kappa shape index (κ2) is 7.12. The highest BCUT2D eigenvalue weighted by Crippen LogP contribution is 2.27. The van der Waals surface area contributed by atoms with Gasteiger partial charge in [-0.3, -0.25) is 19.7 Å². The molecule has 0 aromatic heterocycles. The Bertz CT molecular complexity index is 799. The Morgan fingerprint density at radius 3 is 2.64 bits per heavy atom. The molecular formula is C16H17N3O6. The first-order chi connectivity index (χ1) is 11.7. The molecule has 1 heterocycles. The third-order valence-electron chi connectivity index (χ3n) is 3.88. The topological polar surface area (TPSA) is 128 Å².